The average Bonchev–Trinajstić information content (AvgIpc) is 3.20. The van der Waals surface area contributed by atoms with Crippen molar-refractivity contribution in [2.45, 2.75) is 38.5 Å². The van der Waals surface area contributed by atoms with Crippen LogP contribution in [0.1, 0.15) is 19.8 Å². The standard InChI is InChI=1S/C17H21ClN4O2/c1-12(17(23)21-14-5-2-4-13(18)8-14)20-15-9-19-22(10-15)11-16-6-3-7-24-16/h2,4-5,8-10,12,16,20H,3,6-7,11H2,1H3,(H,21,23). The number of hydrogen-bond acceptors (Lipinski definition) is 4. The maximum atomic E-state index is 12.2. The minimum atomic E-state index is -0.399. The van der Waals surface area contributed by atoms with Crippen LogP contribution in [0.15, 0.2) is 36.7 Å². The van der Waals surface area contributed by atoms with Gasteiger partial charge in [-0.2, -0.15) is 5.10 Å². The van der Waals surface area contributed by atoms with E-state index in [1.165, 1.54) is 0 Å². The second-order valence-corrected chi connectivity index (χ2v) is 6.39. The van der Waals surface area contributed by atoms with Crippen molar-refractivity contribution in [3.8, 4) is 0 Å². The van der Waals surface area contributed by atoms with Crippen LogP contribution in [0.25, 0.3) is 0 Å². The number of ether oxygens (including phenoxy) is 1. The number of carbonyl (C=O) groups excluding carboxylic acids is 1. The SMILES string of the molecule is CC(Nc1cnn(CC2CCCO2)c1)C(=O)Nc1cccc(Cl)c1. The molecule has 0 spiro atoms. The molecule has 2 atom stereocenters. The first-order chi connectivity index (χ1) is 11.6. The van der Waals surface area contributed by atoms with E-state index in [9.17, 15) is 4.79 Å². The Bertz CT molecular complexity index is 697. The predicted molar refractivity (Wildman–Crippen MR) is 94.4 cm³/mol. The van der Waals surface area contributed by atoms with E-state index in [0.717, 1.165) is 31.7 Å². The number of aromatic nitrogens is 2. The maximum Gasteiger partial charge on any atom is 0.246 e. The normalized spacial score (nSPS) is 18.3. The number of carbonyl (C=O) groups is 1. The Morgan fingerprint density at radius 1 is 1.50 bits per heavy atom. The summed E-state index contributed by atoms with van der Waals surface area (Å²) in [5.41, 5.74) is 1.48. The molecule has 0 aliphatic carbocycles. The number of benzene rings is 1. The molecule has 1 aliphatic rings. The Kier molecular flexibility index (Phi) is 5.37. The number of rotatable bonds is 6. The molecule has 1 saturated heterocycles. The van der Waals surface area contributed by atoms with Crippen LogP contribution in [0.2, 0.25) is 5.02 Å². The van der Waals surface area contributed by atoms with Crippen LogP contribution in [0.5, 0.6) is 0 Å². The smallest absolute Gasteiger partial charge is 0.246 e. The van der Waals surface area contributed by atoms with Crippen molar-refractivity contribution in [1.29, 1.82) is 0 Å². The van der Waals surface area contributed by atoms with Gasteiger partial charge in [0.2, 0.25) is 5.91 Å². The summed E-state index contributed by atoms with van der Waals surface area (Å²) in [6.07, 6.45) is 6.03. The lowest BCUT2D eigenvalue weighted by molar-refractivity contribution is -0.116. The highest BCUT2D eigenvalue weighted by atomic mass is 35.5. The summed E-state index contributed by atoms with van der Waals surface area (Å²) in [4.78, 5) is 12.2. The topological polar surface area (TPSA) is 68.2 Å². The van der Waals surface area contributed by atoms with Crippen LogP contribution in [-0.4, -0.2) is 34.4 Å². The highest BCUT2D eigenvalue weighted by Crippen LogP contribution is 2.17. The van der Waals surface area contributed by atoms with Gasteiger partial charge in [0, 0.05) is 23.5 Å². The minimum absolute atomic E-state index is 0.135. The molecule has 0 bridgehead atoms. The van der Waals surface area contributed by atoms with Gasteiger partial charge in [0.1, 0.15) is 6.04 Å². The number of anilines is 2. The van der Waals surface area contributed by atoms with Gasteiger partial charge in [-0.05, 0) is 38.0 Å². The Morgan fingerprint density at radius 2 is 2.38 bits per heavy atom. The number of nitrogens with one attached hydrogen (secondary N) is 2. The Morgan fingerprint density at radius 3 is 3.12 bits per heavy atom. The van der Waals surface area contributed by atoms with Crippen LogP contribution in [0, 0.1) is 0 Å². The monoisotopic (exact) mass is 348 g/mol. The van der Waals surface area contributed by atoms with Crippen molar-refractivity contribution >= 4 is 28.9 Å². The molecule has 0 radical (unpaired) electrons. The van der Waals surface area contributed by atoms with E-state index in [4.69, 9.17) is 16.3 Å². The number of hydrogen-bond donors (Lipinski definition) is 2. The zero-order valence-corrected chi connectivity index (χ0v) is 14.3. The molecule has 24 heavy (non-hydrogen) atoms. The molecule has 7 heteroatoms. The van der Waals surface area contributed by atoms with E-state index in [0.29, 0.717) is 10.7 Å². The van der Waals surface area contributed by atoms with Gasteiger partial charge in [0.25, 0.3) is 0 Å². The van der Waals surface area contributed by atoms with Gasteiger partial charge in [-0.1, -0.05) is 17.7 Å². The van der Waals surface area contributed by atoms with Gasteiger partial charge in [0.05, 0.1) is 24.5 Å². The van der Waals surface area contributed by atoms with Crippen LogP contribution in [0.4, 0.5) is 11.4 Å². The van der Waals surface area contributed by atoms with Crippen LogP contribution >= 0.6 is 11.6 Å². The van der Waals surface area contributed by atoms with E-state index in [2.05, 4.69) is 15.7 Å². The lowest BCUT2D eigenvalue weighted by Gasteiger charge is -2.14. The quantitative estimate of drug-likeness (QED) is 0.841. The van der Waals surface area contributed by atoms with Gasteiger partial charge >= 0.3 is 0 Å². The van der Waals surface area contributed by atoms with Crippen molar-refractivity contribution in [3.05, 3.63) is 41.7 Å². The molecule has 1 amide bonds. The summed E-state index contributed by atoms with van der Waals surface area (Å²) in [6, 6.07) is 6.68. The highest BCUT2D eigenvalue weighted by Gasteiger charge is 2.17. The second-order valence-electron chi connectivity index (χ2n) is 5.95. The largest absolute Gasteiger partial charge is 0.376 e. The zero-order valence-electron chi connectivity index (χ0n) is 13.5. The molecule has 3 rings (SSSR count). The number of amides is 1. The van der Waals surface area contributed by atoms with Gasteiger partial charge in [-0.15, -0.1) is 0 Å². The first kappa shape index (κ1) is 16.8. The van der Waals surface area contributed by atoms with Crippen molar-refractivity contribution in [1.82, 2.24) is 9.78 Å². The summed E-state index contributed by atoms with van der Waals surface area (Å²) in [7, 11) is 0. The molecule has 0 saturated carbocycles. The van der Waals surface area contributed by atoms with Crippen molar-refractivity contribution < 1.29 is 9.53 Å². The molecule has 1 aromatic carbocycles. The molecule has 1 fully saturated rings. The number of halogens is 1. The average molecular weight is 349 g/mol. The number of nitrogens with zero attached hydrogens (tertiary/aromatic N) is 2. The van der Waals surface area contributed by atoms with Crippen molar-refractivity contribution in [2.75, 3.05) is 17.2 Å². The first-order valence-electron chi connectivity index (χ1n) is 8.07. The Balaban J connectivity index is 1.53. The summed E-state index contributed by atoms with van der Waals surface area (Å²) >= 11 is 5.92. The molecule has 2 unspecified atom stereocenters. The van der Waals surface area contributed by atoms with Crippen LogP contribution < -0.4 is 10.6 Å². The lowest BCUT2D eigenvalue weighted by atomic mass is 10.2. The highest BCUT2D eigenvalue weighted by molar-refractivity contribution is 6.30. The maximum absolute atomic E-state index is 12.2. The van der Waals surface area contributed by atoms with Crippen LogP contribution in [0.3, 0.4) is 0 Å². The fraction of sp³-hybridized carbons (Fsp3) is 0.412. The Labute approximate surface area is 146 Å². The van der Waals surface area contributed by atoms with E-state index < -0.39 is 6.04 Å². The predicted octanol–water partition coefficient (Wildman–Crippen LogP) is 3.15. The van der Waals surface area contributed by atoms with Gasteiger partial charge < -0.3 is 15.4 Å². The molecular formula is C17H21ClN4O2. The third kappa shape index (κ3) is 4.49. The molecule has 6 nitrogen and oxygen atoms in total. The van der Waals surface area contributed by atoms with Crippen molar-refractivity contribution in [2.24, 2.45) is 0 Å². The third-order valence-corrected chi connectivity index (χ3v) is 4.15. The van der Waals surface area contributed by atoms with E-state index in [-0.39, 0.29) is 12.0 Å². The fourth-order valence-electron chi connectivity index (χ4n) is 2.67. The molecule has 2 heterocycles. The second kappa shape index (κ2) is 7.68. The van der Waals surface area contributed by atoms with Gasteiger partial charge in [0.15, 0.2) is 0 Å². The third-order valence-electron chi connectivity index (χ3n) is 3.92. The van der Waals surface area contributed by atoms with E-state index in [1.807, 2.05) is 10.9 Å². The fourth-order valence-corrected chi connectivity index (χ4v) is 2.86. The van der Waals surface area contributed by atoms with Crippen LogP contribution in [-0.2, 0) is 16.1 Å². The molecule has 1 aromatic heterocycles. The first-order valence-corrected chi connectivity index (χ1v) is 8.45. The zero-order chi connectivity index (χ0) is 16.9. The minimum Gasteiger partial charge on any atom is -0.376 e. The molecule has 128 valence electrons. The molecular weight excluding hydrogens is 328 g/mol. The Hall–Kier alpha value is -2.05. The van der Waals surface area contributed by atoms with E-state index in [1.54, 1.807) is 37.4 Å². The summed E-state index contributed by atoms with van der Waals surface area (Å²) in [5, 5.41) is 10.9. The van der Waals surface area contributed by atoms with Gasteiger partial charge in [-0.25, -0.2) is 0 Å². The van der Waals surface area contributed by atoms with Crippen molar-refractivity contribution in [3.63, 3.8) is 0 Å². The summed E-state index contributed by atoms with van der Waals surface area (Å²) in [5.74, 6) is -0.135. The van der Waals surface area contributed by atoms with Gasteiger partial charge in [-0.3, -0.25) is 9.48 Å². The summed E-state index contributed by atoms with van der Waals surface area (Å²) in [6.45, 7) is 3.37. The molecule has 2 aromatic rings. The lowest BCUT2D eigenvalue weighted by Crippen LogP contribution is -2.31. The van der Waals surface area contributed by atoms with E-state index >= 15 is 0 Å². The molecule has 1 aliphatic heterocycles. The summed E-state index contributed by atoms with van der Waals surface area (Å²) < 4.78 is 7.45. The molecule has 2 N–H and O–H groups in total.